The number of carbonyl (C=O) groups excluding carboxylic acids is 2. The van der Waals surface area contributed by atoms with Gasteiger partial charge in [-0.3, -0.25) is 9.59 Å². The van der Waals surface area contributed by atoms with Gasteiger partial charge in [-0.1, -0.05) is 35.9 Å². The number of amides is 1. The summed E-state index contributed by atoms with van der Waals surface area (Å²) in [4.78, 5) is 32.5. The van der Waals surface area contributed by atoms with Gasteiger partial charge in [0.25, 0.3) is 5.91 Å². The molecule has 2 aromatic carbocycles. The number of anilines is 2. The van der Waals surface area contributed by atoms with Crippen LogP contribution in [0.25, 0.3) is 0 Å². The Morgan fingerprint density at radius 3 is 2.50 bits per heavy atom. The first-order valence-corrected chi connectivity index (χ1v) is 9.05. The molecule has 0 aliphatic rings. The summed E-state index contributed by atoms with van der Waals surface area (Å²) in [5.74, 6) is 0.611. The normalized spacial score (nSPS) is 10.4. The third kappa shape index (κ3) is 5.14. The van der Waals surface area contributed by atoms with E-state index >= 15 is 0 Å². The van der Waals surface area contributed by atoms with Crippen molar-refractivity contribution in [3.8, 4) is 0 Å². The van der Waals surface area contributed by atoms with Crippen LogP contribution in [-0.2, 0) is 6.54 Å². The second-order valence-corrected chi connectivity index (χ2v) is 6.69. The minimum atomic E-state index is -0.305. The minimum absolute atomic E-state index is 0.0233. The van der Waals surface area contributed by atoms with Crippen molar-refractivity contribution in [2.45, 2.75) is 20.4 Å². The Morgan fingerprint density at radius 1 is 1.04 bits per heavy atom. The number of rotatable bonds is 6. The van der Waals surface area contributed by atoms with Crippen LogP contribution in [0.5, 0.6) is 0 Å². The minimum Gasteiger partial charge on any atom is -0.347 e. The Labute approximate surface area is 168 Å². The Balaban J connectivity index is 1.73. The van der Waals surface area contributed by atoms with Crippen molar-refractivity contribution in [3.63, 3.8) is 0 Å². The average Bonchev–Trinajstić information content (AvgIpc) is 2.67. The second-order valence-electron chi connectivity index (χ2n) is 6.26. The largest absolute Gasteiger partial charge is 0.347 e. The van der Waals surface area contributed by atoms with Crippen LogP contribution in [0.3, 0.4) is 0 Å². The summed E-state index contributed by atoms with van der Waals surface area (Å²) >= 11 is 5.87. The van der Waals surface area contributed by atoms with Crippen LogP contribution < -0.4 is 10.6 Å². The number of hydrogen-bond acceptors (Lipinski definition) is 5. The first-order valence-electron chi connectivity index (χ1n) is 8.67. The summed E-state index contributed by atoms with van der Waals surface area (Å²) < 4.78 is 0. The van der Waals surface area contributed by atoms with Crippen molar-refractivity contribution in [2.75, 3.05) is 5.32 Å². The summed E-state index contributed by atoms with van der Waals surface area (Å²) in [6.45, 7) is 3.59. The first kappa shape index (κ1) is 19.5. The van der Waals surface area contributed by atoms with Gasteiger partial charge in [0.2, 0.25) is 0 Å². The highest BCUT2D eigenvalue weighted by molar-refractivity contribution is 6.30. The molecule has 2 N–H and O–H groups in total. The third-order valence-electron chi connectivity index (χ3n) is 3.98. The van der Waals surface area contributed by atoms with E-state index in [0.29, 0.717) is 34.5 Å². The van der Waals surface area contributed by atoms with E-state index in [-0.39, 0.29) is 17.4 Å². The van der Waals surface area contributed by atoms with Gasteiger partial charge in [0.15, 0.2) is 5.78 Å². The number of aromatic nitrogens is 2. The summed E-state index contributed by atoms with van der Waals surface area (Å²) in [5.41, 5.74) is 2.49. The van der Waals surface area contributed by atoms with Crippen molar-refractivity contribution in [1.29, 1.82) is 0 Å². The quantitative estimate of drug-likeness (QED) is 0.608. The number of halogens is 1. The highest BCUT2D eigenvalue weighted by atomic mass is 35.5. The molecule has 6 nitrogen and oxygen atoms in total. The van der Waals surface area contributed by atoms with Crippen LogP contribution in [0.2, 0.25) is 5.02 Å². The fourth-order valence-corrected chi connectivity index (χ4v) is 2.71. The molecule has 1 amide bonds. The molecule has 1 heterocycles. The second kappa shape index (κ2) is 8.63. The number of Topliss-reactive ketones (excluding diaryl/α,β-unsaturated/α-hetero) is 1. The Kier molecular flexibility index (Phi) is 6.01. The van der Waals surface area contributed by atoms with E-state index in [2.05, 4.69) is 20.6 Å². The van der Waals surface area contributed by atoms with E-state index in [1.165, 1.54) is 6.92 Å². The predicted molar refractivity (Wildman–Crippen MR) is 109 cm³/mol. The number of nitrogens with zero attached hydrogens (tertiary/aromatic N) is 2. The molecule has 3 aromatic rings. The van der Waals surface area contributed by atoms with Gasteiger partial charge >= 0.3 is 0 Å². The lowest BCUT2D eigenvalue weighted by Gasteiger charge is -2.10. The van der Waals surface area contributed by atoms with E-state index < -0.39 is 0 Å². The standard InChI is InChI=1S/C21H19ClN4O2/c1-13(27)16-4-3-5-18(10-16)26-20-11-19(24-14(2)25-20)21(28)23-12-15-6-8-17(22)9-7-15/h3-11H,12H2,1-2H3,(H,23,28)(H,24,25,26). The smallest absolute Gasteiger partial charge is 0.270 e. The van der Waals surface area contributed by atoms with Crippen LogP contribution in [0, 0.1) is 6.92 Å². The van der Waals surface area contributed by atoms with Crippen molar-refractivity contribution < 1.29 is 9.59 Å². The summed E-state index contributed by atoms with van der Waals surface area (Å²) in [6.07, 6.45) is 0. The maximum absolute atomic E-state index is 12.5. The van der Waals surface area contributed by atoms with Gasteiger partial charge in [-0.25, -0.2) is 9.97 Å². The predicted octanol–water partition coefficient (Wildman–Crippen LogP) is 4.31. The molecular formula is C21H19ClN4O2. The Hall–Kier alpha value is -3.25. The monoisotopic (exact) mass is 394 g/mol. The van der Waals surface area contributed by atoms with Gasteiger partial charge in [-0.05, 0) is 43.7 Å². The molecule has 0 atom stereocenters. The van der Waals surface area contributed by atoms with E-state index in [0.717, 1.165) is 5.56 Å². The maximum atomic E-state index is 12.5. The van der Waals surface area contributed by atoms with E-state index in [1.807, 2.05) is 18.2 Å². The van der Waals surface area contributed by atoms with Crippen LogP contribution in [0.15, 0.2) is 54.6 Å². The van der Waals surface area contributed by atoms with Gasteiger partial charge in [0.1, 0.15) is 17.3 Å². The molecule has 0 fully saturated rings. The molecule has 0 bridgehead atoms. The molecule has 7 heteroatoms. The van der Waals surface area contributed by atoms with Crippen molar-refractivity contribution in [2.24, 2.45) is 0 Å². The summed E-state index contributed by atoms with van der Waals surface area (Å²) in [5, 5.41) is 6.59. The summed E-state index contributed by atoms with van der Waals surface area (Å²) in [7, 11) is 0. The topological polar surface area (TPSA) is 84.0 Å². The van der Waals surface area contributed by atoms with Crippen molar-refractivity contribution >= 4 is 34.8 Å². The van der Waals surface area contributed by atoms with Crippen LogP contribution in [0.4, 0.5) is 11.5 Å². The molecule has 0 radical (unpaired) electrons. The lowest BCUT2D eigenvalue weighted by atomic mass is 10.1. The zero-order chi connectivity index (χ0) is 20.1. The fraction of sp³-hybridized carbons (Fsp3) is 0.143. The number of benzene rings is 2. The number of ketones is 1. The molecule has 0 aliphatic heterocycles. The molecule has 0 saturated heterocycles. The molecule has 142 valence electrons. The third-order valence-corrected chi connectivity index (χ3v) is 4.23. The number of carbonyl (C=O) groups is 2. The zero-order valence-corrected chi connectivity index (χ0v) is 16.2. The van der Waals surface area contributed by atoms with E-state index in [4.69, 9.17) is 11.6 Å². The lowest BCUT2D eigenvalue weighted by molar-refractivity contribution is 0.0944. The molecule has 1 aromatic heterocycles. The molecule has 0 unspecified atom stereocenters. The molecule has 0 aliphatic carbocycles. The molecule has 0 spiro atoms. The number of aryl methyl sites for hydroxylation is 1. The first-order chi connectivity index (χ1) is 13.4. The highest BCUT2D eigenvalue weighted by Crippen LogP contribution is 2.17. The van der Waals surface area contributed by atoms with Crippen LogP contribution in [0.1, 0.15) is 39.2 Å². The van der Waals surface area contributed by atoms with Crippen molar-refractivity contribution in [1.82, 2.24) is 15.3 Å². The van der Waals surface area contributed by atoms with Gasteiger partial charge in [-0.2, -0.15) is 0 Å². The number of hydrogen-bond donors (Lipinski definition) is 2. The average molecular weight is 395 g/mol. The Bertz CT molecular complexity index is 1020. The van der Waals surface area contributed by atoms with E-state index in [9.17, 15) is 9.59 Å². The molecule has 0 saturated carbocycles. The lowest BCUT2D eigenvalue weighted by Crippen LogP contribution is -2.24. The van der Waals surface area contributed by atoms with Gasteiger partial charge in [-0.15, -0.1) is 0 Å². The highest BCUT2D eigenvalue weighted by Gasteiger charge is 2.11. The van der Waals surface area contributed by atoms with Gasteiger partial charge in [0.05, 0.1) is 0 Å². The maximum Gasteiger partial charge on any atom is 0.270 e. The molecule has 3 rings (SSSR count). The van der Waals surface area contributed by atoms with Crippen LogP contribution >= 0.6 is 11.6 Å². The van der Waals surface area contributed by atoms with Crippen LogP contribution in [-0.4, -0.2) is 21.7 Å². The zero-order valence-electron chi connectivity index (χ0n) is 15.5. The fourth-order valence-electron chi connectivity index (χ4n) is 2.59. The van der Waals surface area contributed by atoms with Gasteiger partial charge in [0, 0.05) is 28.9 Å². The SMILES string of the molecule is CC(=O)c1cccc(Nc2cc(C(=O)NCc3ccc(Cl)cc3)nc(C)n2)c1. The molecular weight excluding hydrogens is 376 g/mol. The summed E-state index contributed by atoms with van der Waals surface area (Å²) in [6, 6.07) is 15.9. The molecule has 28 heavy (non-hydrogen) atoms. The van der Waals surface area contributed by atoms with E-state index in [1.54, 1.807) is 43.3 Å². The number of nitrogens with one attached hydrogen (secondary N) is 2. The van der Waals surface area contributed by atoms with Gasteiger partial charge < -0.3 is 10.6 Å². The van der Waals surface area contributed by atoms with Crippen molar-refractivity contribution in [3.05, 3.63) is 82.3 Å². The Morgan fingerprint density at radius 2 is 1.79 bits per heavy atom.